The van der Waals surface area contributed by atoms with Gasteiger partial charge in [0.2, 0.25) is 5.91 Å². The molecule has 1 aliphatic heterocycles. The van der Waals surface area contributed by atoms with Crippen LogP contribution >= 0.6 is 11.3 Å². The summed E-state index contributed by atoms with van der Waals surface area (Å²) in [4.78, 5) is 30.1. The normalized spacial score (nSPS) is 23.2. The van der Waals surface area contributed by atoms with E-state index in [9.17, 15) is 9.59 Å². The van der Waals surface area contributed by atoms with Gasteiger partial charge in [0, 0.05) is 17.8 Å². The molecule has 5 nitrogen and oxygen atoms in total. The number of carboxylic acids is 1. The number of carbonyl (C=O) groups is 2. The smallest absolute Gasteiger partial charge is 0.308 e. The Labute approximate surface area is 108 Å². The largest absolute Gasteiger partial charge is 0.481 e. The van der Waals surface area contributed by atoms with E-state index in [0.717, 1.165) is 25.0 Å². The molecule has 2 aliphatic rings. The van der Waals surface area contributed by atoms with Crippen LogP contribution in [-0.4, -0.2) is 28.5 Å². The molecule has 1 unspecified atom stereocenters. The van der Waals surface area contributed by atoms with Crippen LogP contribution in [0.5, 0.6) is 0 Å². The third-order valence-electron chi connectivity index (χ3n) is 3.54. The first kappa shape index (κ1) is 11.6. The molecule has 1 aromatic heterocycles. The van der Waals surface area contributed by atoms with Crippen LogP contribution < -0.4 is 4.90 Å². The van der Waals surface area contributed by atoms with Gasteiger partial charge in [0.25, 0.3) is 0 Å². The zero-order chi connectivity index (χ0) is 12.7. The number of thiazole rings is 1. The monoisotopic (exact) mass is 266 g/mol. The summed E-state index contributed by atoms with van der Waals surface area (Å²) < 4.78 is 0. The van der Waals surface area contributed by atoms with Gasteiger partial charge < -0.3 is 5.11 Å². The Morgan fingerprint density at radius 3 is 2.83 bits per heavy atom. The van der Waals surface area contributed by atoms with Crippen LogP contribution in [-0.2, 0) is 22.4 Å². The van der Waals surface area contributed by atoms with Crippen molar-refractivity contribution in [2.75, 3.05) is 11.4 Å². The van der Waals surface area contributed by atoms with Crippen molar-refractivity contribution in [3.05, 3.63) is 10.6 Å². The molecule has 2 heterocycles. The van der Waals surface area contributed by atoms with Crippen LogP contribution in [0.15, 0.2) is 0 Å². The van der Waals surface area contributed by atoms with E-state index in [2.05, 4.69) is 4.98 Å². The summed E-state index contributed by atoms with van der Waals surface area (Å²) in [6.07, 6.45) is 4.45. The highest BCUT2D eigenvalue weighted by Crippen LogP contribution is 2.34. The molecule has 1 saturated heterocycles. The van der Waals surface area contributed by atoms with E-state index >= 15 is 0 Å². The Morgan fingerprint density at radius 2 is 2.17 bits per heavy atom. The second kappa shape index (κ2) is 4.35. The highest BCUT2D eigenvalue weighted by molar-refractivity contribution is 7.16. The molecule has 1 aromatic rings. The maximum absolute atomic E-state index is 11.8. The highest BCUT2D eigenvalue weighted by Gasteiger charge is 2.36. The van der Waals surface area contributed by atoms with Crippen molar-refractivity contribution in [1.29, 1.82) is 0 Å². The van der Waals surface area contributed by atoms with Crippen LogP contribution in [0.2, 0.25) is 0 Å². The van der Waals surface area contributed by atoms with E-state index < -0.39 is 11.9 Å². The fourth-order valence-electron chi connectivity index (χ4n) is 2.51. The molecular formula is C12H14N2O3S. The third kappa shape index (κ3) is 1.90. The number of amides is 1. The number of anilines is 1. The summed E-state index contributed by atoms with van der Waals surface area (Å²) in [5.41, 5.74) is 1.10. The second-order valence-electron chi connectivity index (χ2n) is 4.82. The second-order valence-corrected chi connectivity index (χ2v) is 5.88. The molecule has 1 amide bonds. The van der Waals surface area contributed by atoms with E-state index in [0.29, 0.717) is 5.13 Å². The molecule has 1 atom stereocenters. The van der Waals surface area contributed by atoms with Crippen LogP contribution in [0.3, 0.4) is 0 Å². The lowest BCUT2D eigenvalue weighted by Crippen LogP contribution is -2.25. The van der Waals surface area contributed by atoms with E-state index in [1.165, 1.54) is 11.3 Å². The zero-order valence-corrected chi connectivity index (χ0v) is 10.7. The molecule has 0 bridgehead atoms. The van der Waals surface area contributed by atoms with Gasteiger partial charge in [-0.05, 0) is 25.7 Å². The van der Waals surface area contributed by atoms with E-state index in [-0.39, 0.29) is 18.9 Å². The van der Waals surface area contributed by atoms with Crippen molar-refractivity contribution in [1.82, 2.24) is 4.98 Å². The van der Waals surface area contributed by atoms with Crippen molar-refractivity contribution in [3.8, 4) is 0 Å². The first-order valence-electron chi connectivity index (χ1n) is 6.17. The molecular weight excluding hydrogens is 252 g/mol. The molecule has 18 heavy (non-hydrogen) atoms. The van der Waals surface area contributed by atoms with Gasteiger partial charge in [0.1, 0.15) is 0 Å². The molecule has 1 fully saturated rings. The molecule has 6 heteroatoms. The summed E-state index contributed by atoms with van der Waals surface area (Å²) in [6, 6.07) is 0. The number of carbonyl (C=O) groups excluding carboxylic acids is 1. The number of hydrogen-bond donors (Lipinski definition) is 1. The van der Waals surface area contributed by atoms with Crippen molar-refractivity contribution in [2.45, 2.75) is 32.1 Å². The molecule has 0 saturated carbocycles. The number of aryl methyl sites for hydroxylation is 2. The van der Waals surface area contributed by atoms with Crippen molar-refractivity contribution in [3.63, 3.8) is 0 Å². The zero-order valence-electron chi connectivity index (χ0n) is 9.89. The molecule has 0 spiro atoms. The highest BCUT2D eigenvalue weighted by atomic mass is 32.1. The Morgan fingerprint density at radius 1 is 1.39 bits per heavy atom. The first-order chi connectivity index (χ1) is 8.65. The summed E-state index contributed by atoms with van der Waals surface area (Å²) in [7, 11) is 0. The number of aliphatic carboxylic acids is 1. The van der Waals surface area contributed by atoms with Gasteiger partial charge in [-0.2, -0.15) is 0 Å². The maximum atomic E-state index is 11.8. The molecule has 3 rings (SSSR count). The van der Waals surface area contributed by atoms with Gasteiger partial charge in [-0.3, -0.25) is 14.5 Å². The molecule has 1 aliphatic carbocycles. The number of nitrogens with zero attached hydrogens (tertiary/aromatic N) is 2. The van der Waals surface area contributed by atoms with Crippen LogP contribution in [0.25, 0.3) is 0 Å². The van der Waals surface area contributed by atoms with Gasteiger partial charge in [-0.1, -0.05) is 0 Å². The third-order valence-corrected chi connectivity index (χ3v) is 4.72. The Balaban J connectivity index is 1.84. The average molecular weight is 266 g/mol. The fraction of sp³-hybridized carbons (Fsp3) is 0.583. The minimum Gasteiger partial charge on any atom is -0.481 e. The summed E-state index contributed by atoms with van der Waals surface area (Å²) >= 11 is 1.55. The topological polar surface area (TPSA) is 70.5 Å². The number of rotatable bonds is 2. The summed E-state index contributed by atoms with van der Waals surface area (Å²) in [6.45, 7) is 0.264. The number of carboxylic acid groups (broad SMARTS) is 1. The summed E-state index contributed by atoms with van der Waals surface area (Å²) in [5.74, 6) is -1.60. The lowest BCUT2D eigenvalue weighted by atomic mass is 10.0. The molecule has 96 valence electrons. The van der Waals surface area contributed by atoms with E-state index in [4.69, 9.17) is 5.11 Å². The average Bonchev–Trinajstić information content (AvgIpc) is 2.91. The molecule has 0 aromatic carbocycles. The van der Waals surface area contributed by atoms with Crippen molar-refractivity contribution >= 4 is 28.3 Å². The van der Waals surface area contributed by atoms with Gasteiger partial charge in [0.15, 0.2) is 5.13 Å². The molecule has 1 N–H and O–H groups in total. The fourth-order valence-corrected chi connectivity index (χ4v) is 3.69. The van der Waals surface area contributed by atoms with Gasteiger partial charge in [0.05, 0.1) is 11.6 Å². The van der Waals surface area contributed by atoms with Gasteiger partial charge in [-0.25, -0.2) is 4.98 Å². The quantitative estimate of drug-likeness (QED) is 0.879. The minimum atomic E-state index is -0.896. The van der Waals surface area contributed by atoms with Gasteiger partial charge in [-0.15, -0.1) is 11.3 Å². The van der Waals surface area contributed by atoms with E-state index in [1.807, 2.05) is 0 Å². The van der Waals surface area contributed by atoms with Crippen LogP contribution in [0, 0.1) is 5.92 Å². The SMILES string of the molecule is O=C(O)C1CC(=O)N(c2nc3c(s2)CCCC3)C1. The maximum Gasteiger partial charge on any atom is 0.308 e. The summed E-state index contributed by atoms with van der Waals surface area (Å²) in [5, 5.41) is 9.65. The predicted octanol–water partition coefficient (Wildman–Crippen LogP) is 1.46. The van der Waals surface area contributed by atoms with Crippen molar-refractivity contribution < 1.29 is 14.7 Å². The Kier molecular flexibility index (Phi) is 2.81. The standard InChI is InChI=1S/C12H14N2O3S/c15-10-5-7(11(16)17)6-14(10)12-13-8-3-1-2-4-9(8)18-12/h7H,1-6H2,(H,16,17). The lowest BCUT2D eigenvalue weighted by molar-refractivity contribution is -0.141. The number of hydrogen-bond acceptors (Lipinski definition) is 4. The minimum absolute atomic E-state index is 0.0968. The number of aromatic nitrogens is 1. The van der Waals surface area contributed by atoms with Crippen molar-refractivity contribution in [2.24, 2.45) is 5.92 Å². The Bertz CT molecular complexity index is 488. The number of fused-ring (bicyclic) bond motifs is 1. The van der Waals surface area contributed by atoms with Crippen LogP contribution in [0.4, 0.5) is 5.13 Å². The molecule has 0 radical (unpaired) electrons. The van der Waals surface area contributed by atoms with Crippen LogP contribution in [0.1, 0.15) is 29.8 Å². The lowest BCUT2D eigenvalue weighted by Gasteiger charge is -2.11. The first-order valence-corrected chi connectivity index (χ1v) is 6.98. The van der Waals surface area contributed by atoms with Gasteiger partial charge >= 0.3 is 5.97 Å². The Hall–Kier alpha value is -1.43. The predicted molar refractivity (Wildman–Crippen MR) is 66.9 cm³/mol. The van der Waals surface area contributed by atoms with E-state index in [1.54, 1.807) is 16.2 Å².